The van der Waals surface area contributed by atoms with E-state index in [9.17, 15) is 14.9 Å². The summed E-state index contributed by atoms with van der Waals surface area (Å²) in [5.41, 5.74) is -1.94. The second-order valence-electron chi connectivity index (χ2n) is 3.00. The van der Waals surface area contributed by atoms with Gasteiger partial charge >= 0.3 is 5.97 Å². The number of hydrogen-bond donors (Lipinski definition) is 2. The Hall–Kier alpha value is -1.43. The standard InChI is InChI=1S/C7H11NO5/c1-5(6(10)11)3-7(2,4-9)8(12)13/h9H,1,3-4H2,2H3,(H,10,11). The van der Waals surface area contributed by atoms with Crippen LogP contribution in [-0.4, -0.2) is 33.3 Å². The lowest BCUT2D eigenvalue weighted by molar-refractivity contribution is -0.568. The molecule has 1 atom stereocenters. The average Bonchev–Trinajstić information content (AvgIpc) is 2.03. The van der Waals surface area contributed by atoms with Crippen molar-refractivity contribution in [3.05, 3.63) is 22.3 Å². The van der Waals surface area contributed by atoms with Crippen LogP contribution in [0.4, 0.5) is 0 Å². The summed E-state index contributed by atoms with van der Waals surface area (Å²) in [6, 6.07) is 0. The van der Waals surface area contributed by atoms with Gasteiger partial charge in [0.2, 0.25) is 5.54 Å². The van der Waals surface area contributed by atoms with Gasteiger partial charge in [0.1, 0.15) is 6.61 Å². The maximum absolute atomic E-state index is 10.4. The van der Waals surface area contributed by atoms with Crippen LogP contribution in [0, 0.1) is 10.1 Å². The smallest absolute Gasteiger partial charge is 0.331 e. The number of carboxylic acid groups (broad SMARTS) is 1. The fraction of sp³-hybridized carbons (Fsp3) is 0.571. The number of aliphatic hydroxyl groups excluding tert-OH is 1. The molecule has 6 nitrogen and oxygen atoms in total. The zero-order chi connectivity index (χ0) is 10.6. The van der Waals surface area contributed by atoms with Gasteiger partial charge in [-0.05, 0) is 0 Å². The van der Waals surface area contributed by atoms with Gasteiger partial charge in [0.15, 0.2) is 0 Å². The molecule has 6 heteroatoms. The van der Waals surface area contributed by atoms with Gasteiger partial charge in [0.25, 0.3) is 0 Å². The third-order valence-corrected chi connectivity index (χ3v) is 1.68. The maximum atomic E-state index is 10.4. The Kier molecular flexibility index (Phi) is 3.55. The zero-order valence-electron chi connectivity index (χ0n) is 7.19. The molecule has 74 valence electrons. The first-order valence-electron chi connectivity index (χ1n) is 3.50. The van der Waals surface area contributed by atoms with Crippen molar-refractivity contribution < 1.29 is 19.9 Å². The molecule has 1 unspecified atom stereocenters. The predicted octanol–water partition coefficient (Wildman–Crippen LogP) is 0.0450. The minimum atomic E-state index is -1.66. The molecule has 0 aromatic carbocycles. The lowest BCUT2D eigenvalue weighted by Gasteiger charge is -2.17. The Labute approximate surface area is 74.6 Å². The predicted molar refractivity (Wildman–Crippen MR) is 43.9 cm³/mol. The van der Waals surface area contributed by atoms with E-state index >= 15 is 0 Å². The van der Waals surface area contributed by atoms with Crippen LogP contribution < -0.4 is 0 Å². The number of carboxylic acids is 1. The monoisotopic (exact) mass is 189 g/mol. The van der Waals surface area contributed by atoms with Crippen LogP contribution in [0.15, 0.2) is 12.2 Å². The third-order valence-electron chi connectivity index (χ3n) is 1.68. The number of nitro groups is 1. The molecule has 0 aliphatic rings. The van der Waals surface area contributed by atoms with Crippen LogP contribution in [-0.2, 0) is 4.79 Å². The second kappa shape index (κ2) is 3.99. The quantitative estimate of drug-likeness (QED) is 0.361. The largest absolute Gasteiger partial charge is 0.478 e. The average molecular weight is 189 g/mol. The molecule has 0 aromatic heterocycles. The van der Waals surface area contributed by atoms with Gasteiger partial charge < -0.3 is 10.2 Å². The Balaban J connectivity index is 4.55. The topological polar surface area (TPSA) is 101 Å². The van der Waals surface area contributed by atoms with Crippen molar-refractivity contribution >= 4 is 5.97 Å². The maximum Gasteiger partial charge on any atom is 0.331 e. The van der Waals surface area contributed by atoms with Gasteiger partial charge in [0, 0.05) is 17.4 Å². The summed E-state index contributed by atoms with van der Waals surface area (Å²) in [5.74, 6) is -1.29. The van der Waals surface area contributed by atoms with Crippen molar-refractivity contribution in [1.29, 1.82) is 0 Å². The highest BCUT2D eigenvalue weighted by Gasteiger charge is 2.38. The molecule has 0 aromatic rings. The van der Waals surface area contributed by atoms with E-state index in [1.165, 1.54) is 6.92 Å². The lowest BCUT2D eigenvalue weighted by Crippen LogP contribution is -2.39. The van der Waals surface area contributed by atoms with E-state index in [-0.39, 0.29) is 12.0 Å². The molecule has 0 amide bonds. The number of aliphatic hydroxyl groups is 1. The van der Waals surface area contributed by atoms with Crippen molar-refractivity contribution in [3.63, 3.8) is 0 Å². The lowest BCUT2D eigenvalue weighted by atomic mass is 9.95. The molecule has 0 rings (SSSR count). The summed E-state index contributed by atoms with van der Waals surface area (Å²) in [7, 11) is 0. The highest BCUT2D eigenvalue weighted by Crippen LogP contribution is 2.18. The molecule has 0 spiro atoms. The molecule has 0 fully saturated rings. The van der Waals surface area contributed by atoms with Crippen LogP contribution in [0.25, 0.3) is 0 Å². The molecule has 2 N–H and O–H groups in total. The van der Waals surface area contributed by atoms with E-state index in [1.54, 1.807) is 0 Å². The Bertz CT molecular complexity index is 249. The van der Waals surface area contributed by atoms with Gasteiger partial charge in [0.05, 0.1) is 6.42 Å². The first-order chi connectivity index (χ1) is 5.83. The van der Waals surface area contributed by atoms with E-state index in [2.05, 4.69) is 6.58 Å². The second-order valence-corrected chi connectivity index (χ2v) is 3.00. The molecule has 13 heavy (non-hydrogen) atoms. The Morgan fingerprint density at radius 3 is 2.38 bits per heavy atom. The first-order valence-corrected chi connectivity index (χ1v) is 3.50. The molecule has 0 aliphatic heterocycles. The minimum Gasteiger partial charge on any atom is -0.478 e. The number of aliphatic carboxylic acids is 1. The summed E-state index contributed by atoms with van der Waals surface area (Å²) in [5, 5.41) is 27.6. The van der Waals surface area contributed by atoms with Crippen molar-refractivity contribution in [3.8, 4) is 0 Å². The van der Waals surface area contributed by atoms with E-state index in [4.69, 9.17) is 10.2 Å². The van der Waals surface area contributed by atoms with Crippen molar-refractivity contribution in [2.45, 2.75) is 18.9 Å². The van der Waals surface area contributed by atoms with Gasteiger partial charge in [-0.1, -0.05) is 6.58 Å². The Morgan fingerprint density at radius 2 is 2.15 bits per heavy atom. The molecule has 0 aliphatic carbocycles. The molecular weight excluding hydrogens is 178 g/mol. The van der Waals surface area contributed by atoms with Crippen LogP contribution in [0.3, 0.4) is 0 Å². The summed E-state index contributed by atoms with van der Waals surface area (Å²) in [4.78, 5) is 20.0. The van der Waals surface area contributed by atoms with E-state index in [0.717, 1.165) is 0 Å². The SMILES string of the molecule is C=C(CC(C)(CO)[N+](=O)[O-])C(=O)O. The third kappa shape index (κ3) is 2.83. The van der Waals surface area contributed by atoms with Gasteiger partial charge in [-0.25, -0.2) is 4.79 Å². The first kappa shape index (κ1) is 11.6. The molecule has 0 heterocycles. The normalized spacial score (nSPS) is 14.6. The molecular formula is C7H11NO5. The molecule has 0 radical (unpaired) electrons. The molecule has 0 saturated heterocycles. The highest BCUT2D eigenvalue weighted by molar-refractivity contribution is 5.85. The minimum absolute atomic E-state index is 0.284. The van der Waals surface area contributed by atoms with Crippen LogP contribution >= 0.6 is 0 Å². The summed E-state index contributed by atoms with van der Waals surface area (Å²) in [6.45, 7) is 3.61. The van der Waals surface area contributed by atoms with E-state index in [1.807, 2.05) is 0 Å². The van der Waals surface area contributed by atoms with Crippen molar-refractivity contribution in [2.24, 2.45) is 0 Å². The summed E-state index contributed by atoms with van der Waals surface area (Å²) in [6.07, 6.45) is -0.369. The van der Waals surface area contributed by atoms with Crippen LogP contribution in [0.5, 0.6) is 0 Å². The molecule has 0 bridgehead atoms. The molecule has 0 saturated carbocycles. The summed E-state index contributed by atoms with van der Waals surface area (Å²) >= 11 is 0. The Morgan fingerprint density at radius 1 is 1.69 bits per heavy atom. The van der Waals surface area contributed by atoms with Crippen molar-refractivity contribution in [2.75, 3.05) is 6.61 Å². The highest BCUT2D eigenvalue weighted by atomic mass is 16.6. The summed E-state index contributed by atoms with van der Waals surface area (Å²) < 4.78 is 0. The van der Waals surface area contributed by atoms with E-state index < -0.39 is 23.0 Å². The van der Waals surface area contributed by atoms with Crippen LogP contribution in [0.2, 0.25) is 0 Å². The van der Waals surface area contributed by atoms with Gasteiger partial charge in [-0.2, -0.15) is 0 Å². The van der Waals surface area contributed by atoms with E-state index in [0.29, 0.717) is 0 Å². The number of carbonyl (C=O) groups is 1. The fourth-order valence-corrected chi connectivity index (χ4v) is 0.714. The van der Waals surface area contributed by atoms with Crippen molar-refractivity contribution in [1.82, 2.24) is 0 Å². The number of nitrogens with zero attached hydrogens (tertiary/aromatic N) is 1. The van der Waals surface area contributed by atoms with Gasteiger partial charge in [-0.3, -0.25) is 10.1 Å². The zero-order valence-corrected chi connectivity index (χ0v) is 7.19. The van der Waals surface area contributed by atoms with Gasteiger partial charge in [-0.15, -0.1) is 0 Å². The van der Waals surface area contributed by atoms with Crippen LogP contribution in [0.1, 0.15) is 13.3 Å². The number of rotatable bonds is 5. The number of hydrogen-bond acceptors (Lipinski definition) is 4. The fourth-order valence-electron chi connectivity index (χ4n) is 0.714.